The van der Waals surface area contributed by atoms with E-state index in [0.29, 0.717) is 17.9 Å². The van der Waals surface area contributed by atoms with Crippen LogP contribution in [0.4, 0.5) is 5.69 Å². The van der Waals surface area contributed by atoms with Crippen LogP contribution in [0.2, 0.25) is 5.02 Å². The van der Waals surface area contributed by atoms with Crippen LogP contribution in [0.3, 0.4) is 0 Å². The summed E-state index contributed by atoms with van der Waals surface area (Å²) in [6.07, 6.45) is 1.54. The van der Waals surface area contributed by atoms with Gasteiger partial charge in [0.25, 0.3) is 5.69 Å². The zero-order valence-corrected chi connectivity index (χ0v) is 15.6. The van der Waals surface area contributed by atoms with E-state index in [1.807, 2.05) is 6.92 Å². The van der Waals surface area contributed by atoms with Crippen molar-refractivity contribution in [1.82, 2.24) is 0 Å². The zero-order valence-electron chi connectivity index (χ0n) is 14.8. The van der Waals surface area contributed by atoms with Crippen molar-refractivity contribution in [2.45, 2.75) is 6.92 Å². The van der Waals surface area contributed by atoms with E-state index in [4.69, 9.17) is 21.1 Å². The lowest BCUT2D eigenvalue weighted by Crippen LogP contribution is -2.06. The Balaban J connectivity index is 1.85. The minimum Gasteiger partial charge on any atom is -0.489 e. The van der Waals surface area contributed by atoms with Gasteiger partial charge in [0.15, 0.2) is 5.70 Å². The second kappa shape index (κ2) is 8.06. The molecule has 7 nitrogen and oxygen atoms in total. The lowest BCUT2D eigenvalue weighted by Gasteiger charge is -2.05. The molecule has 28 heavy (non-hydrogen) atoms. The first kappa shape index (κ1) is 19.3. The van der Waals surface area contributed by atoms with E-state index < -0.39 is 10.9 Å². The summed E-state index contributed by atoms with van der Waals surface area (Å²) in [6, 6.07) is 10.9. The largest absolute Gasteiger partial charge is 0.489 e. The molecule has 0 bridgehead atoms. The Morgan fingerprint density at radius 2 is 2.04 bits per heavy atom. The predicted molar refractivity (Wildman–Crippen MR) is 105 cm³/mol. The summed E-state index contributed by atoms with van der Waals surface area (Å²) in [5.41, 5.74) is 1.68. The Labute approximate surface area is 165 Å². The van der Waals surface area contributed by atoms with Crippen LogP contribution in [0.1, 0.15) is 18.1 Å². The van der Waals surface area contributed by atoms with E-state index in [1.165, 1.54) is 18.2 Å². The third-order valence-electron chi connectivity index (χ3n) is 3.68. The van der Waals surface area contributed by atoms with Gasteiger partial charge in [-0.1, -0.05) is 30.3 Å². The van der Waals surface area contributed by atoms with Gasteiger partial charge >= 0.3 is 5.97 Å². The Morgan fingerprint density at radius 1 is 1.32 bits per heavy atom. The summed E-state index contributed by atoms with van der Waals surface area (Å²) in [5, 5.41) is 11.1. The molecule has 0 aliphatic carbocycles. The standard InChI is InChI=1S/C20H15ClN2O5/c1-12(2)11-27-15-6-3-13(4-7-15)9-18-20(24)28-19(22-18)16-10-14(23(25)26)5-8-17(16)21/h3-10H,1,11H2,2H3/b18-9-. The predicted octanol–water partition coefficient (Wildman–Crippen LogP) is 4.55. The monoisotopic (exact) mass is 398 g/mol. The Hall–Kier alpha value is -3.45. The number of hydrogen-bond donors (Lipinski definition) is 0. The Bertz CT molecular complexity index is 1030. The number of cyclic esters (lactones) is 1. The third-order valence-corrected chi connectivity index (χ3v) is 4.01. The highest BCUT2D eigenvalue weighted by Crippen LogP contribution is 2.27. The van der Waals surface area contributed by atoms with Crippen molar-refractivity contribution >= 4 is 35.2 Å². The number of nitro groups is 1. The number of benzene rings is 2. The SMILES string of the molecule is C=C(C)COc1ccc(/C=C2\N=C(c3cc([N+](=O)[O-])ccc3Cl)OC2=O)cc1. The van der Waals surface area contributed by atoms with Crippen molar-refractivity contribution in [2.24, 2.45) is 4.99 Å². The van der Waals surface area contributed by atoms with Gasteiger partial charge in [0, 0.05) is 12.1 Å². The van der Waals surface area contributed by atoms with Gasteiger partial charge in [0.05, 0.1) is 15.5 Å². The van der Waals surface area contributed by atoms with Crippen LogP contribution in [-0.2, 0) is 9.53 Å². The summed E-state index contributed by atoms with van der Waals surface area (Å²) in [6.45, 7) is 6.06. The van der Waals surface area contributed by atoms with E-state index in [9.17, 15) is 14.9 Å². The highest BCUT2D eigenvalue weighted by Gasteiger charge is 2.27. The number of carbonyl (C=O) groups excluding carboxylic acids is 1. The van der Waals surface area contributed by atoms with E-state index in [0.717, 1.165) is 5.57 Å². The molecule has 2 aromatic carbocycles. The van der Waals surface area contributed by atoms with Crippen LogP contribution in [0, 0.1) is 10.1 Å². The number of nitrogens with zero attached hydrogens (tertiary/aromatic N) is 2. The molecule has 0 unspecified atom stereocenters. The Morgan fingerprint density at radius 3 is 2.68 bits per heavy atom. The van der Waals surface area contributed by atoms with Gasteiger partial charge in [0.2, 0.25) is 5.90 Å². The molecule has 0 atom stereocenters. The molecule has 1 heterocycles. The number of ether oxygens (including phenoxy) is 2. The third kappa shape index (κ3) is 4.44. The topological polar surface area (TPSA) is 91.0 Å². The summed E-state index contributed by atoms with van der Waals surface area (Å²) < 4.78 is 10.7. The van der Waals surface area contributed by atoms with Crippen LogP contribution in [0.25, 0.3) is 6.08 Å². The highest BCUT2D eigenvalue weighted by molar-refractivity contribution is 6.34. The molecule has 2 aromatic rings. The lowest BCUT2D eigenvalue weighted by atomic mass is 10.2. The molecule has 0 fully saturated rings. The van der Waals surface area contributed by atoms with Crippen LogP contribution in [-0.4, -0.2) is 23.4 Å². The minimum absolute atomic E-state index is 0.0631. The molecule has 142 valence electrons. The Kier molecular flexibility index (Phi) is 5.56. The summed E-state index contributed by atoms with van der Waals surface area (Å²) >= 11 is 6.07. The van der Waals surface area contributed by atoms with Gasteiger partial charge in [-0.3, -0.25) is 10.1 Å². The maximum Gasteiger partial charge on any atom is 0.363 e. The van der Waals surface area contributed by atoms with Gasteiger partial charge in [0.1, 0.15) is 12.4 Å². The fraction of sp³-hybridized carbons (Fsp3) is 0.100. The molecule has 0 saturated carbocycles. The molecule has 0 N–H and O–H groups in total. The van der Waals surface area contributed by atoms with Crippen LogP contribution in [0.15, 0.2) is 65.3 Å². The smallest absolute Gasteiger partial charge is 0.363 e. The quantitative estimate of drug-likeness (QED) is 0.234. The molecule has 0 amide bonds. The molecule has 3 rings (SSSR count). The van der Waals surface area contributed by atoms with E-state index in [2.05, 4.69) is 11.6 Å². The van der Waals surface area contributed by atoms with Gasteiger partial charge in [-0.25, -0.2) is 9.79 Å². The van der Waals surface area contributed by atoms with Crippen molar-refractivity contribution in [3.63, 3.8) is 0 Å². The average molecular weight is 399 g/mol. The van der Waals surface area contributed by atoms with E-state index in [1.54, 1.807) is 30.3 Å². The van der Waals surface area contributed by atoms with Crippen molar-refractivity contribution in [3.05, 3.63) is 86.6 Å². The number of esters is 1. The van der Waals surface area contributed by atoms with Crippen molar-refractivity contribution in [1.29, 1.82) is 0 Å². The van der Waals surface area contributed by atoms with Gasteiger partial charge in [-0.05, 0) is 42.3 Å². The number of carbonyl (C=O) groups is 1. The van der Waals surface area contributed by atoms with Gasteiger partial charge < -0.3 is 9.47 Å². The summed E-state index contributed by atoms with van der Waals surface area (Å²) in [5.74, 6) is -0.0711. The van der Waals surface area contributed by atoms with Gasteiger partial charge in [-0.15, -0.1) is 0 Å². The average Bonchev–Trinajstić information content (AvgIpc) is 3.01. The van der Waals surface area contributed by atoms with Crippen LogP contribution in [0.5, 0.6) is 5.75 Å². The normalized spacial score (nSPS) is 14.6. The summed E-state index contributed by atoms with van der Waals surface area (Å²) in [7, 11) is 0. The first-order valence-electron chi connectivity index (χ1n) is 8.17. The molecule has 0 radical (unpaired) electrons. The fourth-order valence-corrected chi connectivity index (χ4v) is 2.54. The van der Waals surface area contributed by atoms with Crippen molar-refractivity contribution < 1.29 is 19.2 Å². The number of halogens is 1. The molecule has 8 heteroatoms. The van der Waals surface area contributed by atoms with Crippen molar-refractivity contribution in [2.75, 3.05) is 6.61 Å². The molecule has 0 spiro atoms. The summed E-state index contributed by atoms with van der Waals surface area (Å²) in [4.78, 5) is 26.6. The first-order valence-corrected chi connectivity index (χ1v) is 8.55. The van der Waals surface area contributed by atoms with E-state index in [-0.39, 0.29) is 27.9 Å². The zero-order chi connectivity index (χ0) is 20.3. The van der Waals surface area contributed by atoms with Crippen LogP contribution >= 0.6 is 11.6 Å². The number of non-ortho nitro benzene ring substituents is 1. The first-order chi connectivity index (χ1) is 13.3. The van der Waals surface area contributed by atoms with Crippen LogP contribution < -0.4 is 4.74 Å². The van der Waals surface area contributed by atoms with E-state index >= 15 is 0 Å². The molecule has 1 aliphatic rings. The molecule has 0 saturated heterocycles. The van der Waals surface area contributed by atoms with Crippen molar-refractivity contribution in [3.8, 4) is 5.75 Å². The minimum atomic E-state index is -0.666. The lowest BCUT2D eigenvalue weighted by molar-refractivity contribution is -0.384. The molecule has 1 aliphatic heterocycles. The maximum absolute atomic E-state index is 12.1. The second-order valence-electron chi connectivity index (χ2n) is 6.07. The number of nitro benzene ring substituents is 1. The second-order valence-corrected chi connectivity index (χ2v) is 6.48. The maximum atomic E-state index is 12.1. The molecular weight excluding hydrogens is 384 g/mol. The molecule has 0 aromatic heterocycles. The molecular formula is C20H15ClN2O5. The fourth-order valence-electron chi connectivity index (χ4n) is 2.34. The number of hydrogen-bond acceptors (Lipinski definition) is 6. The highest BCUT2D eigenvalue weighted by atomic mass is 35.5. The number of rotatable bonds is 6. The van der Waals surface area contributed by atoms with Gasteiger partial charge in [-0.2, -0.15) is 0 Å². The number of aliphatic imine (C=N–C) groups is 1.